The molecule has 1 aliphatic heterocycles. The van der Waals surface area contributed by atoms with Crippen LogP contribution in [-0.4, -0.2) is 12.9 Å². The van der Waals surface area contributed by atoms with Gasteiger partial charge in [-0.25, -0.2) is 0 Å². The van der Waals surface area contributed by atoms with Crippen molar-refractivity contribution in [3.8, 4) is 17.6 Å². The number of nitrogens with zero attached hydrogens (tertiary/aromatic N) is 2. The highest BCUT2D eigenvalue weighted by atomic mass is 19.4. The molecule has 0 bridgehead atoms. The number of anilines is 1. The summed E-state index contributed by atoms with van der Waals surface area (Å²) in [6, 6.07) is 18.0. The molecule has 0 aromatic heterocycles. The number of aryl methyl sites for hydroxylation is 2. The topological polar surface area (TPSA) is 88.6 Å². The number of carbonyl (C=O) groups is 1. The number of hydrogen-bond donors (Lipinski definition) is 1. The fourth-order valence-corrected chi connectivity index (χ4v) is 5.71. The van der Waals surface area contributed by atoms with Gasteiger partial charge in [-0.3, -0.25) is 9.69 Å². The number of benzene rings is 3. The van der Waals surface area contributed by atoms with Gasteiger partial charge in [-0.05, 0) is 97.5 Å². The summed E-state index contributed by atoms with van der Waals surface area (Å²) in [5, 5.41) is 10.4. The molecular weight excluding hydrogens is 543 g/mol. The van der Waals surface area contributed by atoms with Crippen LogP contribution in [0.15, 0.2) is 83.3 Å². The zero-order valence-electron chi connectivity index (χ0n) is 23.5. The minimum atomic E-state index is -4.49. The van der Waals surface area contributed by atoms with Gasteiger partial charge in [-0.1, -0.05) is 12.1 Å². The lowest BCUT2D eigenvalue weighted by atomic mass is 9.74. The zero-order chi connectivity index (χ0) is 30.2. The number of ketones is 1. The molecule has 6 nitrogen and oxygen atoms in total. The molecule has 1 unspecified atom stereocenters. The van der Waals surface area contributed by atoms with E-state index in [1.54, 1.807) is 12.0 Å². The first-order valence-corrected chi connectivity index (χ1v) is 13.5. The van der Waals surface area contributed by atoms with Crippen LogP contribution in [0.3, 0.4) is 0 Å². The molecule has 0 saturated carbocycles. The van der Waals surface area contributed by atoms with Gasteiger partial charge in [-0.2, -0.15) is 18.4 Å². The maximum atomic E-state index is 13.5. The van der Waals surface area contributed by atoms with Gasteiger partial charge in [0.05, 0.1) is 30.2 Å². The van der Waals surface area contributed by atoms with E-state index in [4.69, 9.17) is 15.2 Å². The summed E-state index contributed by atoms with van der Waals surface area (Å²) >= 11 is 0. The highest BCUT2D eigenvalue weighted by Gasteiger charge is 2.41. The number of nitrogens with two attached hydrogens (primary N) is 1. The van der Waals surface area contributed by atoms with Gasteiger partial charge < -0.3 is 15.2 Å². The predicted molar refractivity (Wildman–Crippen MR) is 153 cm³/mol. The number of halogens is 3. The Bertz CT molecular complexity index is 1630. The van der Waals surface area contributed by atoms with E-state index in [2.05, 4.69) is 6.07 Å². The summed E-state index contributed by atoms with van der Waals surface area (Å²) in [6.07, 6.45) is -3.11. The van der Waals surface area contributed by atoms with Crippen molar-refractivity contribution in [2.45, 2.75) is 51.8 Å². The monoisotopic (exact) mass is 573 g/mol. The molecule has 3 aromatic rings. The van der Waals surface area contributed by atoms with E-state index in [0.717, 1.165) is 34.4 Å². The molecule has 0 saturated heterocycles. The average Bonchev–Trinajstić information content (AvgIpc) is 2.96. The smallest absolute Gasteiger partial charge is 0.416 e. The van der Waals surface area contributed by atoms with Crippen LogP contribution in [-0.2, 0) is 17.6 Å². The van der Waals surface area contributed by atoms with Gasteiger partial charge in [0.2, 0.25) is 0 Å². The fourth-order valence-electron chi connectivity index (χ4n) is 5.71. The molecular formula is C33H30F3N3O3. The van der Waals surface area contributed by atoms with Gasteiger partial charge in [0.25, 0.3) is 0 Å². The van der Waals surface area contributed by atoms with E-state index >= 15 is 0 Å². The third-order valence-corrected chi connectivity index (χ3v) is 7.86. The quantitative estimate of drug-likeness (QED) is 0.335. The molecule has 1 heterocycles. The first-order valence-electron chi connectivity index (χ1n) is 13.5. The highest BCUT2D eigenvalue weighted by molar-refractivity contribution is 6.01. The van der Waals surface area contributed by atoms with E-state index in [-0.39, 0.29) is 23.8 Å². The molecule has 216 valence electrons. The number of alkyl halides is 3. The van der Waals surface area contributed by atoms with Crippen LogP contribution >= 0.6 is 0 Å². The van der Waals surface area contributed by atoms with Crippen molar-refractivity contribution in [2.24, 2.45) is 5.73 Å². The minimum absolute atomic E-state index is 0.102. The summed E-state index contributed by atoms with van der Waals surface area (Å²) in [5.74, 6) is 0.676. The normalized spacial score (nSPS) is 17.2. The average molecular weight is 574 g/mol. The Kier molecular flexibility index (Phi) is 7.74. The predicted octanol–water partition coefficient (Wildman–Crippen LogP) is 7.21. The van der Waals surface area contributed by atoms with E-state index in [0.29, 0.717) is 47.7 Å². The lowest BCUT2D eigenvalue weighted by Gasteiger charge is -2.40. The van der Waals surface area contributed by atoms with E-state index in [1.165, 1.54) is 12.1 Å². The molecule has 1 atom stereocenters. The van der Waals surface area contributed by atoms with Crippen LogP contribution in [0, 0.1) is 25.2 Å². The van der Waals surface area contributed by atoms with Crippen molar-refractivity contribution < 1.29 is 27.4 Å². The number of carbonyl (C=O) groups excluding carboxylic acids is 1. The lowest BCUT2D eigenvalue weighted by molar-refractivity contribution is -0.137. The molecule has 2 aliphatic rings. The van der Waals surface area contributed by atoms with E-state index in [1.807, 2.05) is 50.2 Å². The van der Waals surface area contributed by atoms with Crippen LogP contribution in [0.25, 0.3) is 0 Å². The van der Waals surface area contributed by atoms with E-state index < -0.39 is 17.7 Å². The van der Waals surface area contributed by atoms with Crippen molar-refractivity contribution in [3.05, 3.63) is 111 Å². The SMILES string of the molecule is COc1ccc(OCc2cc(C3C(C#N)=C(N)N(c4ccc(C(F)(F)F)cc4)C4=C3C(=O)CCC4)c(C)cc2C)cc1. The van der Waals surface area contributed by atoms with E-state index in [9.17, 15) is 23.2 Å². The Morgan fingerprint density at radius 3 is 2.29 bits per heavy atom. The van der Waals surface area contributed by atoms with Crippen molar-refractivity contribution in [3.63, 3.8) is 0 Å². The largest absolute Gasteiger partial charge is 0.497 e. The standard InChI is InChI=1S/C33H30F3N3O3/c1-19-15-20(2)26(16-21(19)18-42-25-13-11-24(41-3)12-14-25)30-27(17-37)32(38)39(28-5-4-6-29(40)31(28)30)23-9-7-22(8-10-23)33(34,35)36/h7-16,30H,4-6,18,38H2,1-3H3. The summed E-state index contributed by atoms with van der Waals surface area (Å²) in [6.45, 7) is 4.16. The van der Waals surface area contributed by atoms with Crippen molar-refractivity contribution in [2.75, 3.05) is 12.0 Å². The molecule has 42 heavy (non-hydrogen) atoms. The first kappa shape index (κ1) is 28.8. The number of methoxy groups -OCH3 is 1. The Balaban J connectivity index is 1.58. The summed E-state index contributed by atoms with van der Waals surface area (Å²) in [5.41, 5.74) is 11.0. The number of nitriles is 1. The third kappa shape index (κ3) is 5.32. The zero-order valence-corrected chi connectivity index (χ0v) is 23.5. The number of Topliss-reactive ketones (excluding diaryl/α,β-unsaturated/α-hetero) is 1. The fraction of sp³-hybridized carbons (Fsp3) is 0.273. The Morgan fingerprint density at radius 1 is 1.00 bits per heavy atom. The molecule has 1 aliphatic carbocycles. The van der Waals surface area contributed by atoms with Crippen LogP contribution in [0.1, 0.15) is 53.0 Å². The molecule has 0 fully saturated rings. The number of allylic oxidation sites excluding steroid dienone is 3. The molecule has 2 N–H and O–H groups in total. The maximum Gasteiger partial charge on any atom is 0.416 e. The second-order valence-corrected chi connectivity index (χ2v) is 10.5. The van der Waals surface area contributed by atoms with Gasteiger partial charge in [0.1, 0.15) is 23.9 Å². The second kappa shape index (κ2) is 11.3. The molecule has 3 aromatic carbocycles. The Hall–Kier alpha value is -4.71. The molecule has 0 radical (unpaired) electrons. The van der Waals surface area contributed by atoms with Gasteiger partial charge in [-0.15, -0.1) is 0 Å². The van der Waals surface area contributed by atoms with Gasteiger partial charge >= 0.3 is 6.18 Å². The number of ether oxygens (including phenoxy) is 2. The van der Waals surface area contributed by atoms with Crippen LogP contribution in [0.4, 0.5) is 18.9 Å². The second-order valence-electron chi connectivity index (χ2n) is 10.5. The number of hydrogen-bond acceptors (Lipinski definition) is 6. The van der Waals surface area contributed by atoms with Gasteiger partial charge in [0, 0.05) is 23.4 Å². The van der Waals surface area contributed by atoms with Crippen molar-refractivity contribution in [1.29, 1.82) is 5.26 Å². The highest BCUT2D eigenvalue weighted by Crippen LogP contribution is 2.47. The molecule has 0 spiro atoms. The summed E-state index contributed by atoms with van der Waals surface area (Å²) < 4.78 is 51.0. The molecule has 5 rings (SSSR count). The van der Waals surface area contributed by atoms with Crippen LogP contribution in [0.2, 0.25) is 0 Å². The van der Waals surface area contributed by atoms with Crippen LogP contribution < -0.4 is 20.1 Å². The van der Waals surface area contributed by atoms with Crippen molar-refractivity contribution in [1.82, 2.24) is 0 Å². The lowest BCUT2D eigenvalue weighted by Crippen LogP contribution is -2.39. The molecule has 0 amide bonds. The Labute approximate surface area is 242 Å². The van der Waals surface area contributed by atoms with Crippen LogP contribution in [0.5, 0.6) is 11.5 Å². The number of rotatable bonds is 6. The Morgan fingerprint density at radius 2 is 1.67 bits per heavy atom. The van der Waals surface area contributed by atoms with Gasteiger partial charge in [0.15, 0.2) is 5.78 Å². The first-order chi connectivity index (χ1) is 20.0. The van der Waals surface area contributed by atoms with Crippen molar-refractivity contribution >= 4 is 11.5 Å². The maximum absolute atomic E-state index is 13.5. The summed E-state index contributed by atoms with van der Waals surface area (Å²) in [7, 11) is 1.59. The minimum Gasteiger partial charge on any atom is -0.497 e. The third-order valence-electron chi connectivity index (χ3n) is 7.86. The summed E-state index contributed by atoms with van der Waals surface area (Å²) in [4.78, 5) is 15.1. The molecule has 9 heteroatoms.